The van der Waals surface area contributed by atoms with E-state index in [4.69, 9.17) is 9.84 Å². The van der Waals surface area contributed by atoms with E-state index in [1.54, 1.807) is 42.5 Å². The lowest BCUT2D eigenvalue weighted by atomic mass is 10.1. The van der Waals surface area contributed by atoms with Gasteiger partial charge in [-0.15, -0.1) is 0 Å². The molecule has 4 heteroatoms. The SMILES string of the molecule is O=C(O)Cc1cccc(OCc2cccc(O)c2)c1. The van der Waals surface area contributed by atoms with Crippen LogP contribution >= 0.6 is 0 Å². The largest absolute Gasteiger partial charge is 0.508 e. The van der Waals surface area contributed by atoms with Crippen LogP contribution in [0, 0.1) is 0 Å². The molecular formula is C15H14O4. The normalized spacial score (nSPS) is 10.1. The molecule has 0 aliphatic heterocycles. The van der Waals surface area contributed by atoms with Crippen molar-refractivity contribution in [3.05, 3.63) is 59.7 Å². The molecule has 0 radical (unpaired) electrons. The van der Waals surface area contributed by atoms with Gasteiger partial charge in [0.05, 0.1) is 6.42 Å². The number of aromatic hydroxyl groups is 1. The number of phenolic OH excluding ortho intramolecular Hbond substituents is 1. The Morgan fingerprint density at radius 3 is 2.53 bits per heavy atom. The van der Waals surface area contributed by atoms with Crippen LogP contribution in [0.3, 0.4) is 0 Å². The van der Waals surface area contributed by atoms with Gasteiger partial charge in [0, 0.05) is 0 Å². The van der Waals surface area contributed by atoms with Crippen LogP contribution in [0.25, 0.3) is 0 Å². The third kappa shape index (κ3) is 4.03. The number of benzene rings is 2. The lowest BCUT2D eigenvalue weighted by Gasteiger charge is -2.07. The maximum Gasteiger partial charge on any atom is 0.307 e. The summed E-state index contributed by atoms with van der Waals surface area (Å²) in [7, 11) is 0. The predicted octanol–water partition coefficient (Wildman–Crippen LogP) is 2.60. The van der Waals surface area contributed by atoms with Crippen LogP contribution < -0.4 is 4.74 Å². The molecule has 2 rings (SSSR count). The summed E-state index contributed by atoms with van der Waals surface area (Å²) in [5.74, 6) is -0.0621. The minimum absolute atomic E-state index is 0.0245. The molecule has 2 N–H and O–H groups in total. The molecule has 98 valence electrons. The van der Waals surface area contributed by atoms with Gasteiger partial charge in [-0.1, -0.05) is 24.3 Å². The fourth-order valence-corrected chi connectivity index (χ4v) is 1.73. The van der Waals surface area contributed by atoms with E-state index in [1.807, 2.05) is 6.07 Å². The summed E-state index contributed by atoms with van der Waals surface area (Å²) in [5, 5.41) is 18.1. The molecule has 2 aromatic carbocycles. The first-order valence-corrected chi connectivity index (χ1v) is 5.85. The van der Waals surface area contributed by atoms with Crippen LogP contribution in [0.5, 0.6) is 11.5 Å². The van der Waals surface area contributed by atoms with Crippen molar-refractivity contribution >= 4 is 5.97 Å². The minimum atomic E-state index is -0.870. The Morgan fingerprint density at radius 1 is 1.05 bits per heavy atom. The minimum Gasteiger partial charge on any atom is -0.508 e. The van der Waals surface area contributed by atoms with Gasteiger partial charge in [-0.05, 0) is 35.4 Å². The van der Waals surface area contributed by atoms with Crippen molar-refractivity contribution in [3.8, 4) is 11.5 Å². The van der Waals surface area contributed by atoms with Gasteiger partial charge in [0.15, 0.2) is 0 Å². The highest BCUT2D eigenvalue weighted by molar-refractivity contribution is 5.70. The second-order valence-corrected chi connectivity index (χ2v) is 4.18. The standard InChI is InChI=1S/C15H14O4/c16-13-5-1-4-12(7-13)10-19-14-6-2-3-11(8-14)9-15(17)18/h1-8,16H,9-10H2,(H,17,18). The van der Waals surface area contributed by atoms with Crippen molar-refractivity contribution in [1.82, 2.24) is 0 Å². The lowest BCUT2D eigenvalue weighted by molar-refractivity contribution is -0.136. The summed E-state index contributed by atoms with van der Waals surface area (Å²) in [6.07, 6.45) is -0.0245. The quantitative estimate of drug-likeness (QED) is 0.865. The second-order valence-electron chi connectivity index (χ2n) is 4.18. The number of aliphatic carboxylic acids is 1. The molecule has 0 atom stereocenters. The second kappa shape index (κ2) is 5.91. The molecule has 0 bridgehead atoms. The van der Waals surface area contributed by atoms with Gasteiger partial charge >= 0.3 is 5.97 Å². The van der Waals surface area contributed by atoms with Crippen LogP contribution in [0.2, 0.25) is 0 Å². The van der Waals surface area contributed by atoms with E-state index in [-0.39, 0.29) is 12.2 Å². The Bertz CT molecular complexity index is 578. The fourth-order valence-electron chi connectivity index (χ4n) is 1.73. The zero-order valence-electron chi connectivity index (χ0n) is 10.2. The Balaban J connectivity index is 2.01. The first-order chi connectivity index (χ1) is 9.13. The molecule has 0 saturated carbocycles. The van der Waals surface area contributed by atoms with Crippen LogP contribution in [0.15, 0.2) is 48.5 Å². The number of phenols is 1. The van der Waals surface area contributed by atoms with E-state index in [1.165, 1.54) is 0 Å². The van der Waals surface area contributed by atoms with E-state index < -0.39 is 5.97 Å². The molecular weight excluding hydrogens is 244 g/mol. The fraction of sp³-hybridized carbons (Fsp3) is 0.133. The van der Waals surface area contributed by atoms with Crippen LogP contribution in [-0.4, -0.2) is 16.2 Å². The molecule has 4 nitrogen and oxygen atoms in total. The molecule has 0 heterocycles. The number of ether oxygens (including phenoxy) is 1. The smallest absolute Gasteiger partial charge is 0.307 e. The maximum atomic E-state index is 10.6. The molecule has 2 aromatic rings. The zero-order valence-corrected chi connectivity index (χ0v) is 10.2. The number of rotatable bonds is 5. The Labute approximate surface area is 110 Å². The highest BCUT2D eigenvalue weighted by Crippen LogP contribution is 2.17. The molecule has 0 fully saturated rings. The lowest BCUT2D eigenvalue weighted by Crippen LogP contribution is -2.01. The van der Waals surface area contributed by atoms with Gasteiger partial charge < -0.3 is 14.9 Å². The number of carboxylic acid groups (broad SMARTS) is 1. The third-order valence-electron chi connectivity index (χ3n) is 2.57. The average Bonchev–Trinajstić information content (AvgIpc) is 2.36. The maximum absolute atomic E-state index is 10.6. The summed E-state index contributed by atoms with van der Waals surface area (Å²) in [6.45, 7) is 0.324. The van der Waals surface area contributed by atoms with E-state index in [2.05, 4.69) is 0 Å². The summed E-state index contributed by atoms with van der Waals surface area (Å²) < 4.78 is 5.57. The molecule has 0 saturated heterocycles. The number of carbonyl (C=O) groups is 1. The molecule has 0 unspecified atom stereocenters. The van der Waals surface area contributed by atoms with Gasteiger partial charge in [-0.25, -0.2) is 0 Å². The van der Waals surface area contributed by atoms with E-state index in [0.29, 0.717) is 17.9 Å². The van der Waals surface area contributed by atoms with Crippen molar-refractivity contribution < 1.29 is 19.7 Å². The number of hydrogen-bond acceptors (Lipinski definition) is 3. The molecule has 0 aliphatic rings. The molecule has 0 aromatic heterocycles. The Hall–Kier alpha value is -2.49. The van der Waals surface area contributed by atoms with Gasteiger partial charge in [-0.3, -0.25) is 4.79 Å². The highest BCUT2D eigenvalue weighted by Gasteiger charge is 2.02. The molecule has 0 spiro atoms. The van der Waals surface area contributed by atoms with Gasteiger partial charge in [0.2, 0.25) is 0 Å². The van der Waals surface area contributed by atoms with Crippen molar-refractivity contribution in [1.29, 1.82) is 0 Å². The first-order valence-electron chi connectivity index (χ1n) is 5.85. The average molecular weight is 258 g/mol. The molecule has 0 amide bonds. The first kappa shape index (κ1) is 13.0. The van der Waals surface area contributed by atoms with Crippen LogP contribution in [0.4, 0.5) is 0 Å². The summed E-state index contributed by atoms with van der Waals surface area (Å²) in [5.41, 5.74) is 1.55. The number of hydrogen-bond donors (Lipinski definition) is 2. The van der Waals surface area contributed by atoms with Crippen molar-refractivity contribution in [2.75, 3.05) is 0 Å². The van der Waals surface area contributed by atoms with Gasteiger partial charge in [0.1, 0.15) is 18.1 Å². The Kier molecular flexibility index (Phi) is 4.03. The van der Waals surface area contributed by atoms with E-state index in [9.17, 15) is 9.90 Å². The van der Waals surface area contributed by atoms with E-state index in [0.717, 1.165) is 5.56 Å². The zero-order chi connectivity index (χ0) is 13.7. The van der Waals surface area contributed by atoms with E-state index >= 15 is 0 Å². The van der Waals surface area contributed by atoms with Crippen molar-refractivity contribution in [2.45, 2.75) is 13.0 Å². The van der Waals surface area contributed by atoms with Crippen molar-refractivity contribution in [2.24, 2.45) is 0 Å². The molecule has 0 aliphatic carbocycles. The summed E-state index contributed by atoms with van der Waals surface area (Å²) in [4.78, 5) is 10.6. The summed E-state index contributed by atoms with van der Waals surface area (Å²) in [6, 6.07) is 13.8. The Morgan fingerprint density at radius 2 is 1.79 bits per heavy atom. The van der Waals surface area contributed by atoms with Gasteiger partial charge in [-0.2, -0.15) is 0 Å². The summed E-state index contributed by atoms with van der Waals surface area (Å²) >= 11 is 0. The third-order valence-corrected chi connectivity index (χ3v) is 2.57. The van der Waals surface area contributed by atoms with Gasteiger partial charge in [0.25, 0.3) is 0 Å². The van der Waals surface area contributed by atoms with Crippen LogP contribution in [-0.2, 0) is 17.8 Å². The predicted molar refractivity (Wildman–Crippen MR) is 70.2 cm³/mol. The van der Waals surface area contributed by atoms with Crippen molar-refractivity contribution in [3.63, 3.8) is 0 Å². The number of carboxylic acids is 1. The molecule has 19 heavy (non-hydrogen) atoms. The monoisotopic (exact) mass is 258 g/mol. The van der Waals surface area contributed by atoms with Crippen LogP contribution in [0.1, 0.15) is 11.1 Å². The topological polar surface area (TPSA) is 66.8 Å². The highest BCUT2D eigenvalue weighted by atomic mass is 16.5.